The molecule has 15 heavy (non-hydrogen) atoms. The van der Waals surface area contributed by atoms with Crippen LogP contribution in [0.3, 0.4) is 0 Å². The molecule has 0 bridgehead atoms. The molecule has 88 valence electrons. The van der Waals surface area contributed by atoms with Crippen LogP contribution >= 0.6 is 0 Å². The third-order valence-corrected chi connectivity index (χ3v) is 2.73. The van der Waals surface area contributed by atoms with E-state index in [0.29, 0.717) is 11.5 Å². The molecule has 0 rings (SSSR count). The fraction of sp³-hybridized carbons (Fsp3) is 0.769. The normalized spacial score (nSPS) is 12.3. The first-order chi connectivity index (χ1) is 7.02. The maximum atomic E-state index is 11.8. The molecule has 0 aliphatic carbocycles. The molecule has 2 heteroatoms. The average molecular weight is 211 g/mol. The van der Waals surface area contributed by atoms with E-state index in [0.717, 1.165) is 25.9 Å². The third-order valence-electron chi connectivity index (χ3n) is 2.73. The van der Waals surface area contributed by atoms with Gasteiger partial charge in [-0.25, -0.2) is 0 Å². The zero-order valence-corrected chi connectivity index (χ0v) is 10.7. The summed E-state index contributed by atoms with van der Waals surface area (Å²) in [5.74, 6) is 0.808. The van der Waals surface area contributed by atoms with Crippen molar-refractivity contribution in [2.24, 2.45) is 5.92 Å². The number of hydrogen-bond acceptors (Lipinski definition) is 1. The smallest absolute Gasteiger partial charge is 0.248 e. The number of carbonyl (C=O) groups excluding carboxylic acids is 1. The molecule has 0 fully saturated rings. The van der Waals surface area contributed by atoms with Crippen LogP contribution in [0.1, 0.15) is 47.0 Å². The van der Waals surface area contributed by atoms with E-state index in [1.807, 2.05) is 4.90 Å². The van der Waals surface area contributed by atoms with Crippen molar-refractivity contribution in [1.29, 1.82) is 0 Å². The summed E-state index contributed by atoms with van der Waals surface area (Å²) >= 11 is 0. The first-order valence-corrected chi connectivity index (χ1v) is 5.97. The summed E-state index contributed by atoms with van der Waals surface area (Å²) in [5, 5.41) is 0. The monoisotopic (exact) mass is 211 g/mol. The molecule has 0 radical (unpaired) electrons. The topological polar surface area (TPSA) is 20.3 Å². The number of nitrogens with zero attached hydrogens (tertiary/aromatic N) is 1. The van der Waals surface area contributed by atoms with Crippen LogP contribution in [0.2, 0.25) is 0 Å². The van der Waals surface area contributed by atoms with Crippen molar-refractivity contribution in [3.8, 4) is 0 Å². The van der Waals surface area contributed by atoms with Crippen LogP contribution in [0.5, 0.6) is 0 Å². The molecule has 1 unspecified atom stereocenters. The van der Waals surface area contributed by atoms with Gasteiger partial charge >= 0.3 is 0 Å². The van der Waals surface area contributed by atoms with Crippen molar-refractivity contribution in [1.82, 2.24) is 4.90 Å². The SMILES string of the molecule is C=C(C)C(=O)N(CCC)CCC(C)CC. The number of hydrogen-bond donors (Lipinski definition) is 0. The van der Waals surface area contributed by atoms with Gasteiger partial charge in [0.1, 0.15) is 0 Å². The fourth-order valence-corrected chi connectivity index (χ4v) is 1.44. The second-order valence-corrected chi connectivity index (χ2v) is 4.37. The number of rotatable bonds is 7. The Morgan fingerprint density at radius 1 is 1.33 bits per heavy atom. The largest absolute Gasteiger partial charge is 0.339 e. The molecular formula is C13H25NO. The van der Waals surface area contributed by atoms with Gasteiger partial charge in [0.2, 0.25) is 5.91 Å². The Morgan fingerprint density at radius 3 is 2.33 bits per heavy atom. The van der Waals surface area contributed by atoms with Crippen LogP contribution in [-0.4, -0.2) is 23.9 Å². The third kappa shape index (κ3) is 5.60. The van der Waals surface area contributed by atoms with Crippen molar-refractivity contribution < 1.29 is 4.79 Å². The van der Waals surface area contributed by atoms with Crippen LogP contribution < -0.4 is 0 Å². The zero-order chi connectivity index (χ0) is 11.8. The van der Waals surface area contributed by atoms with Gasteiger partial charge in [-0.3, -0.25) is 4.79 Å². The van der Waals surface area contributed by atoms with Crippen molar-refractivity contribution in [3.63, 3.8) is 0 Å². The summed E-state index contributed by atoms with van der Waals surface area (Å²) in [6.07, 6.45) is 3.29. The molecule has 0 spiro atoms. The van der Waals surface area contributed by atoms with E-state index >= 15 is 0 Å². The van der Waals surface area contributed by atoms with Crippen molar-refractivity contribution >= 4 is 5.91 Å². The van der Waals surface area contributed by atoms with Crippen LogP contribution in [0, 0.1) is 5.92 Å². The lowest BCUT2D eigenvalue weighted by atomic mass is 10.0. The Labute approximate surface area is 94.4 Å². The Hall–Kier alpha value is -0.790. The Balaban J connectivity index is 4.15. The van der Waals surface area contributed by atoms with E-state index in [1.165, 1.54) is 6.42 Å². The zero-order valence-electron chi connectivity index (χ0n) is 10.7. The van der Waals surface area contributed by atoms with Gasteiger partial charge in [-0.2, -0.15) is 0 Å². The molecule has 0 aliphatic rings. The van der Waals surface area contributed by atoms with Crippen molar-refractivity contribution in [2.75, 3.05) is 13.1 Å². The van der Waals surface area contributed by atoms with E-state index in [9.17, 15) is 4.79 Å². The summed E-state index contributed by atoms with van der Waals surface area (Å²) in [6.45, 7) is 13.7. The molecule has 0 saturated heterocycles. The maximum Gasteiger partial charge on any atom is 0.248 e. The average Bonchev–Trinajstić information content (AvgIpc) is 2.22. The van der Waals surface area contributed by atoms with E-state index < -0.39 is 0 Å². The quantitative estimate of drug-likeness (QED) is 0.592. The van der Waals surface area contributed by atoms with Gasteiger partial charge in [0.15, 0.2) is 0 Å². The highest BCUT2D eigenvalue weighted by Gasteiger charge is 2.13. The number of carbonyl (C=O) groups is 1. The van der Waals surface area contributed by atoms with Crippen LogP contribution in [0.15, 0.2) is 12.2 Å². The molecule has 0 aliphatic heterocycles. The lowest BCUT2D eigenvalue weighted by molar-refractivity contribution is -0.127. The van der Waals surface area contributed by atoms with Crippen LogP contribution in [0.25, 0.3) is 0 Å². The highest BCUT2D eigenvalue weighted by atomic mass is 16.2. The number of amides is 1. The predicted molar refractivity (Wildman–Crippen MR) is 65.8 cm³/mol. The summed E-state index contributed by atoms with van der Waals surface area (Å²) in [4.78, 5) is 13.7. The maximum absolute atomic E-state index is 11.8. The summed E-state index contributed by atoms with van der Waals surface area (Å²) in [6, 6.07) is 0. The molecule has 1 atom stereocenters. The standard InChI is InChI=1S/C13H25NO/c1-6-9-14(13(15)11(3)4)10-8-12(5)7-2/h12H,3,6-10H2,1-2,4-5H3. The van der Waals surface area contributed by atoms with E-state index in [2.05, 4.69) is 27.4 Å². The van der Waals surface area contributed by atoms with Crippen LogP contribution in [0.4, 0.5) is 0 Å². The Kier molecular flexibility index (Phi) is 7.10. The van der Waals surface area contributed by atoms with E-state index in [4.69, 9.17) is 0 Å². The summed E-state index contributed by atoms with van der Waals surface area (Å²) in [7, 11) is 0. The van der Waals surface area contributed by atoms with Gasteiger partial charge in [0, 0.05) is 18.7 Å². The van der Waals surface area contributed by atoms with Gasteiger partial charge in [-0.15, -0.1) is 0 Å². The minimum atomic E-state index is 0.111. The van der Waals surface area contributed by atoms with E-state index in [1.54, 1.807) is 6.92 Å². The summed E-state index contributed by atoms with van der Waals surface area (Å²) in [5.41, 5.74) is 0.646. The lowest BCUT2D eigenvalue weighted by Crippen LogP contribution is -2.33. The molecule has 0 saturated carbocycles. The van der Waals surface area contributed by atoms with Gasteiger partial charge < -0.3 is 4.90 Å². The van der Waals surface area contributed by atoms with Crippen molar-refractivity contribution in [2.45, 2.75) is 47.0 Å². The molecule has 1 amide bonds. The highest BCUT2D eigenvalue weighted by Crippen LogP contribution is 2.09. The lowest BCUT2D eigenvalue weighted by Gasteiger charge is -2.23. The first kappa shape index (κ1) is 14.2. The second kappa shape index (κ2) is 7.49. The molecule has 0 heterocycles. The van der Waals surface area contributed by atoms with Gasteiger partial charge in [-0.1, -0.05) is 33.8 Å². The Morgan fingerprint density at radius 2 is 1.93 bits per heavy atom. The summed E-state index contributed by atoms with van der Waals surface area (Å²) < 4.78 is 0. The van der Waals surface area contributed by atoms with Crippen molar-refractivity contribution in [3.05, 3.63) is 12.2 Å². The first-order valence-electron chi connectivity index (χ1n) is 5.97. The molecule has 0 N–H and O–H groups in total. The van der Waals surface area contributed by atoms with Gasteiger partial charge in [-0.05, 0) is 25.7 Å². The highest BCUT2D eigenvalue weighted by molar-refractivity contribution is 5.92. The molecule has 0 aromatic heterocycles. The van der Waals surface area contributed by atoms with Gasteiger partial charge in [0.05, 0.1) is 0 Å². The second-order valence-electron chi connectivity index (χ2n) is 4.37. The minimum Gasteiger partial charge on any atom is -0.339 e. The molecule has 2 nitrogen and oxygen atoms in total. The fourth-order valence-electron chi connectivity index (χ4n) is 1.44. The van der Waals surface area contributed by atoms with Crippen LogP contribution in [-0.2, 0) is 4.79 Å². The molecule has 0 aromatic rings. The Bertz CT molecular complexity index is 211. The van der Waals surface area contributed by atoms with E-state index in [-0.39, 0.29) is 5.91 Å². The molecule has 0 aromatic carbocycles. The molecular weight excluding hydrogens is 186 g/mol. The minimum absolute atomic E-state index is 0.111. The predicted octanol–water partition coefficient (Wildman–Crippen LogP) is 3.24. The van der Waals surface area contributed by atoms with Gasteiger partial charge in [0.25, 0.3) is 0 Å².